The third-order valence-corrected chi connectivity index (χ3v) is 8.79. The first-order valence-electron chi connectivity index (χ1n) is 13.5. The smallest absolute Gasteiger partial charge is 0.253 e. The predicted molar refractivity (Wildman–Crippen MR) is 132 cm³/mol. The molecule has 0 aromatic heterocycles. The molecule has 2 aliphatic carbocycles. The molecule has 1 aromatic rings. The molecule has 7 heteroatoms. The van der Waals surface area contributed by atoms with E-state index in [1.807, 2.05) is 0 Å². The summed E-state index contributed by atoms with van der Waals surface area (Å²) >= 11 is 0. The molecule has 33 heavy (non-hydrogen) atoms. The van der Waals surface area contributed by atoms with Crippen LogP contribution in [0.15, 0.2) is 9.59 Å². The van der Waals surface area contributed by atoms with Gasteiger partial charge in [-0.2, -0.15) is 0 Å². The Balaban J connectivity index is 1.06. The predicted octanol–water partition coefficient (Wildman–Crippen LogP) is 2.58. The summed E-state index contributed by atoms with van der Waals surface area (Å²) in [7, 11) is 0. The number of rotatable bonds is 6. The summed E-state index contributed by atoms with van der Waals surface area (Å²) in [6, 6.07) is 0.758. The molecular weight excluding hydrogens is 416 g/mol. The van der Waals surface area contributed by atoms with Gasteiger partial charge in [-0.3, -0.25) is 19.3 Å². The molecule has 2 saturated heterocycles. The van der Waals surface area contributed by atoms with Crippen LogP contribution in [0, 0.1) is 11.8 Å². The lowest BCUT2D eigenvalue weighted by Gasteiger charge is -2.40. The Hall–Kier alpha value is -1.89. The van der Waals surface area contributed by atoms with Gasteiger partial charge in [-0.15, -0.1) is 0 Å². The van der Waals surface area contributed by atoms with Gasteiger partial charge in [0.1, 0.15) is 11.4 Å². The van der Waals surface area contributed by atoms with Crippen molar-refractivity contribution in [3.05, 3.63) is 20.4 Å². The third-order valence-electron chi connectivity index (χ3n) is 8.79. The van der Waals surface area contributed by atoms with Gasteiger partial charge in [0.25, 0.3) is 10.9 Å². The molecule has 1 aromatic carbocycles. The van der Waals surface area contributed by atoms with E-state index in [2.05, 4.69) is 20.0 Å². The van der Waals surface area contributed by atoms with Crippen LogP contribution in [0.1, 0.15) is 70.6 Å². The third kappa shape index (κ3) is 4.84. The summed E-state index contributed by atoms with van der Waals surface area (Å²) in [5.41, 5.74) is 0.499. The number of amides is 1. The maximum Gasteiger partial charge on any atom is 0.253 e. The highest BCUT2D eigenvalue weighted by atomic mass is 16.2. The molecule has 4 aliphatic rings. The summed E-state index contributed by atoms with van der Waals surface area (Å²) in [6.45, 7) is 6.34. The van der Waals surface area contributed by atoms with Crippen LogP contribution in [0.2, 0.25) is 0 Å². The highest BCUT2D eigenvalue weighted by Crippen LogP contribution is 2.32. The topological polar surface area (TPSA) is 73.0 Å². The zero-order valence-electron chi connectivity index (χ0n) is 20.0. The standard InChI is InChI=1S/C26H40N4O3/c31-24-22(23(25(24)32)29-12-4-1-5-13-29)27-18-19-8-10-20(11-9-19)26(33)30-16-14-28(15-17-30)21-6-2-3-7-21/h19-21,27H,1-18H2. The Morgan fingerprint density at radius 2 is 1.42 bits per heavy atom. The molecule has 2 heterocycles. The first kappa shape index (κ1) is 22.9. The number of anilines is 2. The molecule has 2 saturated carbocycles. The Kier molecular flexibility index (Phi) is 7.05. The number of piperazine rings is 1. The van der Waals surface area contributed by atoms with Gasteiger partial charge in [-0.25, -0.2) is 0 Å². The molecule has 4 fully saturated rings. The lowest BCUT2D eigenvalue weighted by Crippen LogP contribution is -2.53. The molecule has 0 atom stereocenters. The minimum Gasteiger partial charge on any atom is -0.380 e. The van der Waals surface area contributed by atoms with Crippen LogP contribution in [0.25, 0.3) is 0 Å². The van der Waals surface area contributed by atoms with Gasteiger partial charge in [0.2, 0.25) is 5.91 Å². The number of nitrogens with zero attached hydrogens (tertiary/aromatic N) is 3. The van der Waals surface area contributed by atoms with Crippen molar-refractivity contribution in [3.63, 3.8) is 0 Å². The van der Waals surface area contributed by atoms with Gasteiger partial charge in [-0.1, -0.05) is 12.8 Å². The maximum atomic E-state index is 13.1. The summed E-state index contributed by atoms with van der Waals surface area (Å²) in [5, 5.41) is 3.32. The van der Waals surface area contributed by atoms with Crippen molar-refractivity contribution in [1.29, 1.82) is 0 Å². The Morgan fingerprint density at radius 3 is 2.09 bits per heavy atom. The van der Waals surface area contributed by atoms with E-state index in [0.29, 0.717) is 23.2 Å². The lowest BCUT2D eigenvalue weighted by atomic mass is 9.81. The molecule has 5 rings (SSSR count). The van der Waals surface area contributed by atoms with Crippen LogP contribution in [0.3, 0.4) is 0 Å². The fraction of sp³-hybridized carbons (Fsp3) is 0.808. The van der Waals surface area contributed by atoms with Crippen molar-refractivity contribution in [2.75, 3.05) is 56.0 Å². The Morgan fingerprint density at radius 1 is 0.758 bits per heavy atom. The van der Waals surface area contributed by atoms with Crippen LogP contribution in [0.5, 0.6) is 0 Å². The summed E-state index contributed by atoms with van der Waals surface area (Å²) in [5.74, 6) is 0.989. The van der Waals surface area contributed by atoms with E-state index in [0.717, 1.165) is 90.4 Å². The Labute approximate surface area is 197 Å². The summed E-state index contributed by atoms with van der Waals surface area (Å²) in [4.78, 5) is 44.2. The number of piperidine rings is 1. The monoisotopic (exact) mass is 456 g/mol. The van der Waals surface area contributed by atoms with E-state index in [1.165, 1.54) is 32.1 Å². The molecule has 2 aliphatic heterocycles. The van der Waals surface area contributed by atoms with Crippen molar-refractivity contribution in [1.82, 2.24) is 9.80 Å². The zero-order chi connectivity index (χ0) is 22.8. The number of hydrogen-bond acceptors (Lipinski definition) is 6. The van der Waals surface area contributed by atoms with Crippen molar-refractivity contribution in [3.8, 4) is 0 Å². The number of hydrogen-bond donors (Lipinski definition) is 1. The van der Waals surface area contributed by atoms with Gasteiger partial charge in [0.05, 0.1) is 0 Å². The van der Waals surface area contributed by atoms with E-state index in [1.54, 1.807) is 0 Å². The number of carbonyl (C=O) groups excluding carboxylic acids is 1. The van der Waals surface area contributed by atoms with Crippen molar-refractivity contribution in [2.45, 2.75) is 76.7 Å². The molecule has 0 radical (unpaired) electrons. The van der Waals surface area contributed by atoms with E-state index < -0.39 is 0 Å². The molecule has 1 N–H and O–H groups in total. The summed E-state index contributed by atoms with van der Waals surface area (Å²) in [6.07, 6.45) is 12.7. The average molecular weight is 457 g/mol. The average Bonchev–Trinajstić information content (AvgIpc) is 3.41. The van der Waals surface area contributed by atoms with Crippen molar-refractivity contribution in [2.24, 2.45) is 11.8 Å². The molecule has 182 valence electrons. The van der Waals surface area contributed by atoms with Crippen molar-refractivity contribution < 1.29 is 4.79 Å². The van der Waals surface area contributed by atoms with Gasteiger partial charge in [-0.05, 0) is 63.7 Å². The molecular formula is C26H40N4O3. The largest absolute Gasteiger partial charge is 0.380 e. The molecule has 0 unspecified atom stereocenters. The number of nitrogens with one attached hydrogen (secondary N) is 1. The highest BCUT2D eigenvalue weighted by molar-refractivity contribution is 5.79. The van der Waals surface area contributed by atoms with Crippen LogP contribution in [0.4, 0.5) is 11.4 Å². The van der Waals surface area contributed by atoms with Crippen LogP contribution in [-0.4, -0.2) is 67.6 Å². The first-order valence-corrected chi connectivity index (χ1v) is 13.5. The van der Waals surface area contributed by atoms with Crippen molar-refractivity contribution >= 4 is 17.3 Å². The molecule has 7 nitrogen and oxygen atoms in total. The van der Waals surface area contributed by atoms with Gasteiger partial charge in [0.15, 0.2) is 0 Å². The molecule has 1 amide bonds. The second-order valence-corrected chi connectivity index (χ2v) is 10.8. The second kappa shape index (κ2) is 10.2. The second-order valence-electron chi connectivity index (χ2n) is 10.8. The van der Waals surface area contributed by atoms with E-state index in [-0.39, 0.29) is 16.8 Å². The maximum absolute atomic E-state index is 13.1. The fourth-order valence-corrected chi connectivity index (χ4v) is 6.66. The quantitative estimate of drug-likeness (QED) is 0.664. The SMILES string of the molecule is O=C(C1CCC(CNc2c(N3CCCCC3)c(=O)c2=O)CC1)N1CCN(C2CCCC2)CC1. The minimum atomic E-state index is -0.351. The Bertz CT molecular complexity index is 880. The highest BCUT2D eigenvalue weighted by Gasteiger charge is 2.33. The van der Waals surface area contributed by atoms with Crippen LogP contribution in [-0.2, 0) is 4.79 Å². The molecule has 0 bridgehead atoms. The van der Waals surface area contributed by atoms with E-state index in [9.17, 15) is 14.4 Å². The minimum absolute atomic E-state index is 0.161. The normalized spacial score (nSPS) is 27.9. The van der Waals surface area contributed by atoms with Gasteiger partial charge >= 0.3 is 0 Å². The van der Waals surface area contributed by atoms with E-state index in [4.69, 9.17) is 0 Å². The lowest BCUT2D eigenvalue weighted by molar-refractivity contribution is -0.139. The summed E-state index contributed by atoms with van der Waals surface area (Å²) < 4.78 is 0. The number of carbonyl (C=O) groups is 1. The van der Waals surface area contributed by atoms with Crippen LogP contribution >= 0.6 is 0 Å². The first-order chi connectivity index (χ1) is 16.1. The van der Waals surface area contributed by atoms with Crippen LogP contribution < -0.4 is 21.1 Å². The van der Waals surface area contributed by atoms with Gasteiger partial charge in [0, 0.05) is 57.8 Å². The fourth-order valence-electron chi connectivity index (χ4n) is 6.66. The van der Waals surface area contributed by atoms with Gasteiger partial charge < -0.3 is 15.1 Å². The zero-order valence-corrected chi connectivity index (χ0v) is 20.0. The van der Waals surface area contributed by atoms with E-state index >= 15 is 0 Å². The molecule has 0 spiro atoms.